The third-order valence-corrected chi connectivity index (χ3v) is 2.59. The zero-order valence-electron chi connectivity index (χ0n) is 8.00. The molecule has 1 aromatic rings. The third kappa shape index (κ3) is 1.55. The largest absolute Gasteiger partial charge is 0.366 e. The summed E-state index contributed by atoms with van der Waals surface area (Å²) in [4.78, 5) is 15.3. The number of amides is 1. The van der Waals surface area contributed by atoms with Crippen LogP contribution in [0.3, 0.4) is 0 Å². The Kier molecular flexibility index (Phi) is 1.90. The van der Waals surface area contributed by atoms with Crippen LogP contribution >= 0.6 is 0 Å². The van der Waals surface area contributed by atoms with E-state index >= 15 is 0 Å². The van der Waals surface area contributed by atoms with Gasteiger partial charge in [-0.2, -0.15) is 4.98 Å². The van der Waals surface area contributed by atoms with E-state index < -0.39 is 0 Å². The highest BCUT2D eigenvalue weighted by atomic mass is 16.2. The molecule has 0 spiro atoms. The molecule has 1 saturated carbocycles. The molecule has 6 heteroatoms. The van der Waals surface area contributed by atoms with E-state index in [0.29, 0.717) is 0 Å². The minimum atomic E-state index is -0.239. The molecule has 14 heavy (non-hydrogen) atoms. The first kappa shape index (κ1) is 8.98. The summed E-state index contributed by atoms with van der Waals surface area (Å²) in [7, 11) is 0. The smallest absolute Gasteiger partial charge is 0.289 e. The number of hydrogen-bond acceptors (Lipinski definition) is 4. The molecule has 1 fully saturated rings. The third-order valence-electron chi connectivity index (χ3n) is 2.59. The molecule has 0 saturated heterocycles. The van der Waals surface area contributed by atoms with Crippen molar-refractivity contribution in [3.05, 3.63) is 5.82 Å². The van der Waals surface area contributed by atoms with Gasteiger partial charge < -0.3 is 11.1 Å². The van der Waals surface area contributed by atoms with Crippen molar-refractivity contribution in [3.8, 4) is 0 Å². The van der Waals surface area contributed by atoms with Crippen molar-refractivity contribution >= 4 is 11.9 Å². The Morgan fingerprint density at radius 2 is 2.36 bits per heavy atom. The second kappa shape index (κ2) is 2.97. The average Bonchev–Trinajstić information content (AvgIpc) is 2.49. The number of nitrogens with one attached hydrogen (secondary N) is 2. The topological polar surface area (TPSA) is 96.7 Å². The van der Waals surface area contributed by atoms with Crippen molar-refractivity contribution in [3.63, 3.8) is 0 Å². The Morgan fingerprint density at radius 1 is 1.64 bits per heavy atom. The Balaban J connectivity index is 2.02. The summed E-state index contributed by atoms with van der Waals surface area (Å²) < 4.78 is 0. The predicted molar refractivity (Wildman–Crippen MR) is 50.5 cm³/mol. The summed E-state index contributed by atoms with van der Waals surface area (Å²) >= 11 is 0. The number of nitrogen functional groups attached to an aromatic ring is 1. The number of carbonyl (C=O) groups excluding carboxylic acids is 1. The second-order valence-corrected chi connectivity index (χ2v) is 3.91. The number of anilines is 1. The Labute approximate surface area is 81.3 Å². The van der Waals surface area contributed by atoms with Gasteiger partial charge >= 0.3 is 0 Å². The molecule has 0 aliphatic heterocycles. The van der Waals surface area contributed by atoms with E-state index in [4.69, 9.17) is 5.73 Å². The van der Waals surface area contributed by atoms with Crippen molar-refractivity contribution in [2.45, 2.75) is 31.7 Å². The molecule has 1 amide bonds. The van der Waals surface area contributed by atoms with E-state index in [9.17, 15) is 4.79 Å². The Bertz CT molecular complexity index is 354. The molecule has 0 unspecified atom stereocenters. The molecule has 0 bridgehead atoms. The maximum atomic E-state index is 11.6. The lowest BCUT2D eigenvalue weighted by atomic mass is 9.78. The zero-order valence-corrected chi connectivity index (χ0v) is 8.00. The molecule has 1 aliphatic rings. The highest BCUT2D eigenvalue weighted by molar-refractivity contribution is 5.91. The van der Waals surface area contributed by atoms with E-state index in [0.717, 1.165) is 19.3 Å². The fourth-order valence-electron chi connectivity index (χ4n) is 1.54. The van der Waals surface area contributed by atoms with Gasteiger partial charge in [0.05, 0.1) is 0 Å². The van der Waals surface area contributed by atoms with Crippen molar-refractivity contribution in [2.75, 3.05) is 5.73 Å². The first-order valence-electron chi connectivity index (χ1n) is 4.59. The second-order valence-electron chi connectivity index (χ2n) is 3.91. The van der Waals surface area contributed by atoms with E-state index in [1.165, 1.54) is 0 Å². The van der Waals surface area contributed by atoms with Gasteiger partial charge in [-0.15, -0.1) is 5.10 Å². The molecule has 0 aromatic carbocycles. The summed E-state index contributed by atoms with van der Waals surface area (Å²) in [5, 5.41) is 8.96. The fraction of sp³-hybridized carbons (Fsp3) is 0.625. The normalized spacial score (nSPS) is 18.6. The van der Waals surface area contributed by atoms with Crippen LogP contribution in [0.5, 0.6) is 0 Å². The first-order valence-corrected chi connectivity index (χ1v) is 4.59. The SMILES string of the molecule is CC1(NC(=O)c2nc(N)n[nH]2)CCC1. The van der Waals surface area contributed by atoms with Crippen LogP contribution < -0.4 is 11.1 Å². The summed E-state index contributed by atoms with van der Waals surface area (Å²) in [5.74, 6) is 0.0286. The standard InChI is InChI=1S/C8H13N5O/c1-8(3-2-4-8)11-6(14)5-10-7(9)13-12-5/h2-4H2,1H3,(H,11,14)(H3,9,10,12,13). The van der Waals surface area contributed by atoms with E-state index in [1.54, 1.807) is 0 Å². The molecule has 0 atom stereocenters. The van der Waals surface area contributed by atoms with Crippen LogP contribution in [0.1, 0.15) is 36.8 Å². The maximum absolute atomic E-state index is 11.6. The van der Waals surface area contributed by atoms with Gasteiger partial charge in [0.15, 0.2) is 0 Å². The summed E-state index contributed by atoms with van der Waals surface area (Å²) in [6.07, 6.45) is 3.19. The van der Waals surface area contributed by atoms with Gasteiger partial charge in [0.25, 0.3) is 5.91 Å². The number of nitrogens with zero attached hydrogens (tertiary/aromatic N) is 2. The molecule has 76 valence electrons. The number of rotatable bonds is 2. The van der Waals surface area contributed by atoms with Crippen LogP contribution in [0.4, 0.5) is 5.95 Å². The van der Waals surface area contributed by atoms with Gasteiger partial charge in [-0.1, -0.05) is 0 Å². The summed E-state index contributed by atoms with van der Waals surface area (Å²) in [6.45, 7) is 2.02. The van der Waals surface area contributed by atoms with Crippen LogP contribution in [0, 0.1) is 0 Å². The van der Waals surface area contributed by atoms with Crippen molar-refractivity contribution in [1.29, 1.82) is 0 Å². The fourth-order valence-corrected chi connectivity index (χ4v) is 1.54. The lowest BCUT2D eigenvalue weighted by Gasteiger charge is -2.38. The lowest BCUT2D eigenvalue weighted by Crippen LogP contribution is -2.51. The van der Waals surface area contributed by atoms with Gasteiger partial charge in [0, 0.05) is 5.54 Å². The number of aromatic nitrogens is 3. The number of carbonyl (C=O) groups is 1. The van der Waals surface area contributed by atoms with Crippen molar-refractivity contribution in [2.24, 2.45) is 0 Å². The van der Waals surface area contributed by atoms with Gasteiger partial charge in [0.2, 0.25) is 11.8 Å². The molecule has 6 nitrogen and oxygen atoms in total. The number of H-pyrrole nitrogens is 1. The molecule has 1 heterocycles. The number of hydrogen-bond donors (Lipinski definition) is 3. The van der Waals surface area contributed by atoms with Crippen LogP contribution in [0.25, 0.3) is 0 Å². The van der Waals surface area contributed by atoms with E-state index in [-0.39, 0.29) is 23.2 Å². The van der Waals surface area contributed by atoms with E-state index in [2.05, 4.69) is 20.5 Å². The average molecular weight is 195 g/mol. The highest BCUT2D eigenvalue weighted by Crippen LogP contribution is 2.30. The van der Waals surface area contributed by atoms with Gasteiger partial charge in [0.1, 0.15) is 0 Å². The predicted octanol–water partition coefficient (Wildman–Crippen LogP) is 0.0593. The van der Waals surface area contributed by atoms with Gasteiger partial charge in [-0.05, 0) is 26.2 Å². The van der Waals surface area contributed by atoms with Gasteiger partial charge in [-0.3, -0.25) is 9.89 Å². The minimum absolute atomic E-state index is 0.0708. The maximum Gasteiger partial charge on any atom is 0.289 e. The molecule has 1 aliphatic carbocycles. The summed E-state index contributed by atoms with van der Waals surface area (Å²) in [6, 6.07) is 0. The first-order chi connectivity index (χ1) is 6.59. The van der Waals surface area contributed by atoms with Crippen molar-refractivity contribution < 1.29 is 4.79 Å². The van der Waals surface area contributed by atoms with E-state index in [1.807, 2.05) is 6.92 Å². The Hall–Kier alpha value is -1.59. The molecule has 0 radical (unpaired) electrons. The molecule has 4 N–H and O–H groups in total. The molecular formula is C8H13N5O. The minimum Gasteiger partial charge on any atom is -0.366 e. The number of aromatic amines is 1. The molecule has 2 rings (SSSR count). The van der Waals surface area contributed by atoms with Gasteiger partial charge in [-0.25, -0.2) is 0 Å². The lowest BCUT2D eigenvalue weighted by molar-refractivity contribution is 0.0840. The zero-order chi connectivity index (χ0) is 10.2. The molecular weight excluding hydrogens is 182 g/mol. The Morgan fingerprint density at radius 3 is 2.79 bits per heavy atom. The number of nitrogens with two attached hydrogens (primary N) is 1. The van der Waals surface area contributed by atoms with Crippen molar-refractivity contribution in [1.82, 2.24) is 20.5 Å². The summed E-state index contributed by atoms with van der Waals surface area (Å²) in [5.41, 5.74) is 5.22. The van der Waals surface area contributed by atoms with Crippen LogP contribution in [-0.2, 0) is 0 Å². The quantitative estimate of drug-likeness (QED) is 0.621. The van der Waals surface area contributed by atoms with Crippen LogP contribution in [-0.4, -0.2) is 26.6 Å². The van der Waals surface area contributed by atoms with Crippen LogP contribution in [0.15, 0.2) is 0 Å². The molecule has 1 aromatic heterocycles. The highest BCUT2D eigenvalue weighted by Gasteiger charge is 2.34. The monoisotopic (exact) mass is 195 g/mol. The van der Waals surface area contributed by atoms with Crippen LogP contribution in [0.2, 0.25) is 0 Å².